The molecule has 0 amide bonds. The number of halogens is 1. The Kier molecular flexibility index (Phi) is 5.87. The lowest BCUT2D eigenvalue weighted by atomic mass is 9.77. The molecular formula is C24H28BrNO. The second-order valence-electron chi connectivity index (χ2n) is 7.69. The van der Waals surface area contributed by atoms with Crippen LogP contribution in [-0.2, 0) is 0 Å². The van der Waals surface area contributed by atoms with Crippen molar-refractivity contribution in [2.45, 2.75) is 51.0 Å². The molecule has 4 rings (SSSR count). The second-order valence-corrected chi connectivity index (χ2v) is 8.60. The van der Waals surface area contributed by atoms with Crippen molar-refractivity contribution in [1.29, 1.82) is 0 Å². The maximum absolute atomic E-state index is 6.03. The van der Waals surface area contributed by atoms with Crippen molar-refractivity contribution in [1.82, 2.24) is 0 Å². The van der Waals surface area contributed by atoms with Gasteiger partial charge < -0.3 is 10.1 Å². The summed E-state index contributed by atoms with van der Waals surface area (Å²) >= 11 is 3.55. The van der Waals surface area contributed by atoms with Crippen LogP contribution in [0.3, 0.4) is 0 Å². The highest BCUT2D eigenvalue weighted by Crippen LogP contribution is 2.50. The highest BCUT2D eigenvalue weighted by molar-refractivity contribution is 9.10. The quantitative estimate of drug-likeness (QED) is 0.372. The first-order valence-electron chi connectivity index (χ1n) is 10.2. The van der Waals surface area contributed by atoms with E-state index < -0.39 is 0 Å². The number of anilines is 1. The van der Waals surface area contributed by atoms with E-state index >= 15 is 0 Å². The lowest BCUT2D eigenvalue weighted by Gasteiger charge is -2.37. The standard InChI is InChI=1S/C24H28BrNO/c1-2-3-4-5-15-27-19-13-14-23-22(16-19)20-7-6-8-21(20)24(26-23)17-9-11-18(25)12-10-17/h6-7,9-14,16,20-21,24,26H,2-5,8,15H2,1H3. The summed E-state index contributed by atoms with van der Waals surface area (Å²) in [5, 5.41) is 3.80. The summed E-state index contributed by atoms with van der Waals surface area (Å²) < 4.78 is 7.16. The predicted octanol–water partition coefficient (Wildman–Crippen LogP) is 7.23. The van der Waals surface area contributed by atoms with Gasteiger partial charge in [0, 0.05) is 16.1 Å². The molecule has 2 aliphatic rings. The van der Waals surface area contributed by atoms with E-state index in [1.165, 1.54) is 36.1 Å². The summed E-state index contributed by atoms with van der Waals surface area (Å²) in [6, 6.07) is 15.7. The molecule has 3 atom stereocenters. The van der Waals surface area contributed by atoms with E-state index in [9.17, 15) is 0 Å². The number of ether oxygens (including phenoxy) is 1. The molecule has 1 aliphatic heterocycles. The molecule has 3 unspecified atom stereocenters. The van der Waals surface area contributed by atoms with E-state index in [2.05, 4.69) is 82.8 Å². The number of rotatable bonds is 7. The first-order chi connectivity index (χ1) is 13.3. The van der Waals surface area contributed by atoms with Gasteiger partial charge >= 0.3 is 0 Å². The molecular weight excluding hydrogens is 398 g/mol. The molecule has 2 nitrogen and oxygen atoms in total. The zero-order valence-corrected chi connectivity index (χ0v) is 17.5. The van der Waals surface area contributed by atoms with Gasteiger partial charge in [-0.1, -0.05) is 66.4 Å². The van der Waals surface area contributed by atoms with Crippen LogP contribution in [0.2, 0.25) is 0 Å². The summed E-state index contributed by atoms with van der Waals surface area (Å²) in [4.78, 5) is 0. The Labute approximate surface area is 171 Å². The smallest absolute Gasteiger partial charge is 0.119 e. The van der Waals surface area contributed by atoms with Gasteiger partial charge in [-0.2, -0.15) is 0 Å². The Balaban J connectivity index is 1.52. The SMILES string of the molecule is CCCCCCOc1ccc2c(c1)C1C=CCC1C(c1ccc(Br)cc1)N2. The van der Waals surface area contributed by atoms with Crippen LogP contribution in [0.1, 0.15) is 62.1 Å². The number of hydrogen-bond donors (Lipinski definition) is 1. The monoisotopic (exact) mass is 425 g/mol. The fourth-order valence-electron chi connectivity index (χ4n) is 4.38. The topological polar surface area (TPSA) is 21.3 Å². The van der Waals surface area contributed by atoms with Gasteiger partial charge in [0.15, 0.2) is 0 Å². The number of benzene rings is 2. The molecule has 1 heterocycles. The third-order valence-corrected chi connectivity index (χ3v) is 6.36. The van der Waals surface area contributed by atoms with Crippen LogP contribution in [-0.4, -0.2) is 6.61 Å². The van der Waals surface area contributed by atoms with Crippen molar-refractivity contribution in [2.24, 2.45) is 5.92 Å². The van der Waals surface area contributed by atoms with Crippen LogP contribution in [0, 0.1) is 5.92 Å². The fourth-order valence-corrected chi connectivity index (χ4v) is 4.65. The Morgan fingerprint density at radius 3 is 2.74 bits per heavy atom. The number of fused-ring (bicyclic) bond motifs is 3. The maximum Gasteiger partial charge on any atom is 0.119 e. The van der Waals surface area contributed by atoms with E-state index in [0.717, 1.165) is 29.7 Å². The number of unbranched alkanes of at least 4 members (excludes halogenated alkanes) is 3. The van der Waals surface area contributed by atoms with Gasteiger partial charge in [-0.05, 0) is 60.2 Å². The van der Waals surface area contributed by atoms with Gasteiger partial charge in [-0.15, -0.1) is 0 Å². The van der Waals surface area contributed by atoms with E-state index in [-0.39, 0.29) is 0 Å². The molecule has 2 aromatic rings. The molecule has 27 heavy (non-hydrogen) atoms. The van der Waals surface area contributed by atoms with Crippen LogP contribution in [0.15, 0.2) is 59.1 Å². The summed E-state index contributed by atoms with van der Waals surface area (Å²) in [5.41, 5.74) is 3.99. The fraction of sp³-hybridized carbons (Fsp3) is 0.417. The molecule has 0 spiro atoms. The molecule has 2 aromatic carbocycles. The highest BCUT2D eigenvalue weighted by Gasteiger charge is 2.37. The van der Waals surface area contributed by atoms with Crippen LogP contribution in [0.25, 0.3) is 0 Å². The Hall–Kier alpha value is -1.74. The Morgan fingerprint density at radius 1 is 1.07 bits per heavy atom. The summed E-state index contributed by atoms with van der Waals surface area (Å²) in [5.74, 6) is 2.05. The van der Waals surface area contributed by atoms with E-state index in [4.69, 9.17) is 4.74 Å². The van der Waals surface area contributed by atoms with Crippen molar-refractivity contribution < 1.29 is 4.74 Å². The molecule has 0 saturated carbocycles. The highest BCUT2D eigenvalue weighted by atomic mass is 79.9. The van der Waals surface area contributed by atoms with Gasteiger partial charge in [-0.25, -0.2) is 0 Å². The molecule has 0 aromatic heterocycles. The molecule has 0 bridgehead atoms. The summed E-state index contributed by atoms with van der Waals surface area (Å²) in [6.07, 6.45) is 10.8. The van der Waals surface area contributed by atoms with E-state index in [0.29, 0.717) is 17.9 Å². The van der Waals surface area contributed by atoms with Crippen molar-refractivity contribution in [3.63, 3.8) is 0 Å². The minimum Gasteiger partial charge on any atom is -0.494 e. The van der Waals surface area contributed by atoms with E-state index in [1.54, 1.807) is 0 Å². The van der Waals surface area contributed by atoms with Crippen LogP contribution in [0.4, 0.5) is 5.69 Å². The lowest BCUT2D eigenvalue weighted by Crippen LogP contribution is -2.29. The Bertz CT molecular complexity index is 799. The van der Waals surface area contributed by atoms with Gasteiger partial charge in [0.2, 0.25) is 0 Å². The van der Waals surface area contributed by atoms with Crippen molar-refractivity contribution in [2.75, 3.05) is 11.9 Å². The third kappa shape index (κ3) is 4.08. The third-order valence-electron chi connectivity index (χ3n) is 5.83. The van der Waals surface area contributed by atoms with Gasteiger partial charge in [0.25, 0.3) is 0 Å². The molecule has 0 fully saturated rings. The normalized spacial score (nSPS) is 22.8. The molecule has 0 saturated heterocycles. The van der Waals surface area contributed by atoms with Gasteiger partial charge in [-0.3, -0.25) is 0 Å². The minimum atomic E-state index is 0.353. The van der Waals surface area contributed by atoms with Crippen LogP contribution in [0.5, 0.6) is 5.75 Å². The zero-order chi connectivity index (χ0) is 18.6. The zero-order valence-electron chi connectivity index (χ0n) is 16.0. The van der Waals surface area contributed by atoms with Crippen molar-refractivity contribution >= 4 is 21.6 Å². The van der Waals surface area contributed by atoms with Crippen molar-refractivity contribution in [3.8, 4) is 5.75 Å². The maximum atomic E-state index is 6.03. The number of nitrogens with one attached hydrogen (secondary N) is 1. The average Bonchev–Trinajstić information content (AvgIpc) is 3.18. The van der Waals surface area contributed by atoms with Crippen LogP contribution < -0.4 is 10.1 Å². The van der Waals surface area contributed by atoms with Crippen LogP contribution >= 0.6 is 15.9 Å². The molecule has 142 valence electrons. The molecule has 3 heteroatoms. The lowest BCUT2D eigenvalue weighted by molar-refractivity contribution is 0.304. The minimum absolute atomic E-state index is 0.353. The molecule has 1 aliphatic carbocycles. The summed E-state index contributed by atoms with van der Waals surface area (Å²) in [6.45, 7) is 3.06. The van der Waals surface area contributed by atoms with Gasteiger partial charge in [0.05, 0.1) is 12.6 Å². The molecule has 0 radical (unpaired) electrons. The van der Waals surface area contributed by atoms with Crippen molar-refractivity contribution in [3.05, 3.63) is 70.2 Å². The Morgan fingerprint density at radius 2 is 1.93 bits per heavy atom. The first kappa shape index (κ1) is 18.6. The predicted molar refractivity (Wildman–Crippen MR) is 117 cm³/mol. The van der Waals surface area contributed by atoms with Gasteiger partial charge in [0.1, 0.15) is 5.75 Å². The average molecular weight is 426 g/mol. The first-order valence-corrected chi connectivity index (χ1v) is 11.0. The number of hydrogen-bond acceptors (Lipinski definition) is 2. The largest absolute Gasteiger partial charge is 0.494 e. The number of allylic oxidation sites excluding steroid dienone is 2. The molecule has 1 N–H and O–H groups in total. The van der Waals surface area contributed by atoms with E-state index in [1.807, 2.05) is 0 Å². The second kappa shape index (κ2) is 8.52. The summed E-state index contributed by atoms with van der Waals surface area (Å²) in [7, 11) is 0.